The highest BCUT2D eigenvalue weighted by Gasteiger charge is 2.28. The van der Waals surface area contributed by atoms with E-state index in [4.69, 9.17) is 0 Å². The highest BCUT2D eigenvalue weighted by atomic mass is 32.2. The zero-order valence-corrected chi connectivity index (χ0v) is 15.3. The van der Waals surface area contributed by atoms with Crippen LogP contribution in [0.5, 0.6) is 0 Å². The SMILES string of the molecule is O=C(Nc1ccc(C(=O)NCc2cccnc2)cc1)N[C@@H]1CCS(=O)(=O)C1. The Balaban J connectivity index is 1.49. The summed E-state index contributed by atoms with van der Waals surface area (Å²) < 4.78 is 22.8. The van der Waals surface area contributed by atoms with Crippen LogP contribution in [0.1, 0.15) is 22.3 Å². The van der Waals surface area contributed by atoms with Gasteiger partial charge >= 0.3 is 6.03 Å². The van der Waals surface area contributed by atoms with Crippen molar-refractivity contribution in [3.8, 4) is 0 Å². The standard InChI is InChI=1S/C18H20N4O4S/c23-17(20-11-13-2-1-8-19-10-13)14-3-5-15(6-4-14)21-18(24)22-16-7-9-27(25,26)12-16/h1-6,8,10,16H,7,9,11-12H2,(H,20,23)(H2,21,22,24)/t16-/m1/s1. The van der Waals surface area contributed by atoms with Crippen LogP contribution >= 0.6 is 0 Å². The number of nitrogens with zero attached hydrogens (tertiary/aromatic N) is 1. The molecule has 8 nitrogen and oxygen atoms in total. The molecular weight excluding hydrogens is 368 g/mol. The number of carbonyl (C=O) groups excluding carboxylic acids is 2. The van der Waals surface area contributed by atoms with Gasteiger partial charge in [0.15, 0.2) is 9.84 Å². The van der Waals surface area contributed by atoms with Crippen molar-refractivity contribution in [1.29, 1.82) is 0 Å². The summed E-state index contributed by atoms with van der Waals surface area (Å²) in [6.45, 7) is 0.374. The number of hydrogen-bond acceptors (Lipinski definition) is 5. The molecule has 142 valence electrons. The van der Waals surface area contributed by atoms with Gasteiger partial charge in [0.2, 0.25) is 0 Å². The van der Waals surface area contributed by atoms with Gasteiger partial charge in [0.05, 0.1) is 11.5 Å². The van der Waals surface area contributed by atoms with E-state index in [0.29, 0.717) is 24.2 Å². The van der Waals surface area contributed by atoms with Gasteiger partial charge in [0.25, 0.3) is 5.91 Å². The zero-order chi connectivity index (χ0) is 19.3. The van der Waals surface area contributed by atoms with Crippen molar-refractivity contribution in [2.24, 2.45) is 0 Å². The van der Waals surface area contributed by atoms with Crippen LogP contribution in [0.2, 0.25) is 0 Å². The molecule has 3 rings (SSSR count). The van der Waals surface area contributed by atoms with E-state index in [-0.39, 0.29) is 23.5 Å². The van der Waals surface area contributed by atoms with E-state index < -0.39 is 15.9 Å². The van der Waals surface area contributed by atoms with Crippen molar-refractivity contribution in [2.45, 2.75) is 19.0 Å². The fraction of sp³-hybridized carbons (Fsp3) is 0.278. The van der Waals surface area contributed by atoms with Crippen LogP contribution in [0.15, 0.2) is 48.8 Å². The molecular formula is C18H20N4O4S. The quantitative estimate of drug-likeness (QED) is 0.714. The summed E-state index contributed by atoms with van der Waals surface area (Å²) in [5, 5.41) is 8.08. The van der Waals surface area contributed by atoms with Crippen LogP contribution in [-0.4, -0.2) is 42.9 Å². The molecule has 1 aromatic heterocycles. The van der Waals surface area contributed by atoms with Gasteiger partial charge in [-0.1, -0.05) is 6.07 Å². The number of sulfone groups is 1. The second kappa shape index (κ2) is 8.17. The van der Waals surface area contributed by atoms with Gasteiger partial charge < -0.3 is 16.0 Å². The number of rotatable bonds is 5. The first kappa shape index (κ1) is 18.8. The normalized spacial score (nSPS) is 17.9. The second-order valence-electron chi connectivity index (χ2n) is 6.32. The van der Waals surface area contributed by atoms with Gasteiger partial charge in [-0.05, 0) is 42.3 Å². The summed E-state index contributed by atoms with van der Waals surface area (Å²) in [4.78, 5) is 28.1. The minimum atomic E-state index is -3.05. The average Bonchev–Trinajstić information content (AvgIpc) is 2.99. The van der Waals surface area contributed by atoms with Crippen LogP contribution < -0.4 is 16.0 Å². The zero-order valence-electron chi connectivity index (χ0n) is 14.5. The van der Waals surface area contributed by atoms with Crippen LogP contribution in [0, 0.1) is 0 Å². The third-order valence-corrected chi connectivity index (χ3v) is 5.92. The fourth-order valence-electron chi connectivity index (χ4n) is 2.75. The van der Waals surface area contributed by atoms with E-state index in [1.54, 1.807) is 42.7 Å². The minimum absolute atomic E-state index is 0.0313. The molecule has 1 aliphatic heterocycles. The summed E-state index contributed by atoms with van der Waals surface area (Å²) >= 11 is 0. The molecule has 9 heteroatoms. The van der Waals surface area contributed by atoms with Crippen molar-refractivity contribution < 1.29 is 18.0 Å². The van der Waals surface area contributed by atoms with E-state index in [1.165, 1.54) is 0 Å². The summed E-state index contributed by atoms with van der Waals surface area (Å²) in [6.07, 6.45) is 3.77. The first-order valence-electron chi connectivity index (χ1n) is 8.46. The number of nitrogens with one attached hydrogen (secondary N) is 3. The topological polar surface area (TPSA) is 117 Å². The molecule has 0 spiro atoms. The molecule has 0 unspecified atom stereocenters. The molecule has 1 aliphatic rings. The summed E-state index contributed by atoms with van der Waals surface area (Å²) in [5.41, 5.74) is 1.87. The smallest absolute Gasteiger partial charge is 0.319 e. The number of amides is 3. The molecule has 1 aromatic carbocycles. The van der Waals surface area contributed by atoms with Crippen molar-refractivity contribution >= 4 is 27.5 Å². The maximum atomic E-state index is 12.2. The lowest BCUT2D eigenvalue weighted by molar-refractivity contribution is 0.0951. The van der Waals surface area contributed by atoms with Crippen molar-refractivity contribution in [1.82, 2.24) is 15.6 Å². The molecule has 3 amide bonds. The van der Waals surface area contributed by atoms with E-state index in [0.717, 1.165) is 5.56 Å². The Hall–Kier alpha value is -2.94. The molecule has 1 fully saturated rings. The van der Waals surface area contributed by atoms with Gasteiger partial charge in [-0.15, -0.1) is 0 Å². The molecule has 0 aliphatic carbocycles. The molecule has 0 radical (unpaired) electrons. The molecule has 3 N–H and O–H groups in total. The summed E-state index contributed by atoms with van der Waals surface area (Å²) in [6, 6.07) is 9.28. The highest BCUT2D eigenvalue weighted by molar-refractivity contribution is 7.91. The van der Waals surface area contributed by atoms with Gasteiger partial charge in [-0.2, -0.15) is 0 Å². The molecule has 2 aromatic rings. The minimum Gasteiger partial charge on any atom is -0.348 e. The largest absolute Gasteiger partial charge is 0.348 e. The Morgan fingerprint density at radius 2 is 1.93 bits per heavy atom. The van der Waals surface area contributed by atoms with Crippen molar-refractivity contribution in [3.05, 3.63) is 59.9 Å². The summed E-state index contributed by atoms with van der Waals surface area (Å²) in [7, 11) is -3.05. The van der Waals surface area contributed by atoms with Crippen LogP contribution in [0.3, 0.4) is 0 Å². The monoisotopic (exact) mass is 388 g/mol. The number of anilines is 1. The van der Waals surface area contributed by atoms with E-state index in [1.807, 2.05) is 6.07 Å². The summed E-state index contributed by atoms with van der Waals surface area (Å²) in [5.74, 6) is -0.164. The Morgan fingerprint density at radius 3 is 2.56 bits per heavy atom. The third kappa shape index (κ3) is 5.52. The first-order valence-corrected chi connectivity index (χ1v) is 10.3. The molecule has 27 heavy (non-hydrogen) atoms. The maximum Gasteiger partial charge on any atom is 0.319 e. The van der Waals surface area contributed by atoms with Gasteiger partial charge in [0.1, 0.15) is 0 Å². The van der Waals surface area contributed by atoms with Gasteiger partial charge in [-0.3, -0.25) is 9.78 Å². The Kier molecular flexibility index (Phi) is 5.70. The second-order valence-corrected chi connectivity index (χ2v) is 8.55. The molecule has 1 atom stereocenters. The number of aromatic nitrogens is 1. The number of benzene rings is 1. The van der Waals surface area contributed by atoms with Crippen LogP contribution in [-0.2, 0) is 16.4 Å². The Labute approximate surface area is 157 Å². The van der Waals surface area contributed by atoms with E-state index >= 15 is 0 Å². The van der Waals surface area contributed by atoms with E-state index in [9.17, 15) is 18.0 Å². The fourth-order valence-corrected chi connectivity index (χ4v) is 4.43. The highest BCUT2D eigenvalue weighted by Crippen LogP contribution is 2.13. The number of urea groups is 1. The first-order chi connectivity index (χ1) is 12.9. The Bertz CT molecular complexity index is 914. The van der Waals surface area contributed by atoms with Gasteiger partial charge in [0, 0.05) is 36.2 Å². The molecule has 0 bridgehead atoms. The lowest BCUT2D eigenvalue weighted by atomic mass is 10.2. The maximum absolute atomic E-state index is 12.2. The van der Waals surface area contributed by atoms with E-state index in [2.05, 4.69) is 20.9 Å². The van der Waals surface area contributed by atoms with Gasteiger partial charge in [-0.25, -0.2) is 13.2 Å². The Morgan fingerprint density at radius 1 is 1.15 bits per heavy atom. The number of carbonyl (C=O) groups is 2. The predicted molar refractivity (Wildman–Crippen MR) is 101 cm³/mol. The van der Waals surface area contributed by atoms with Crippen LogP contribution in [0.4, 0.5) is 10.5 Å². The predicted octanol–water partition coefficient (Wildman–Crippen LogP) is 1.32. The van der Waals surface area contributed by atoms with Crippen molar-refractivity contribution in [2.75, 3.05) is 16.8 Å². The molecule has 0 saturated carbocycles. The average molecular weight is 388 g/mol. The van der Waals surface area contributed by atoms with Crippen LogP contribution in [0.25, 0.3) is 0 Å². The third-order valence-electron chi connectivity index (χ3n) is 4.15. The lowest BCUT2D eigenvalue weighted by Crippen LogP contribution is -2.38. The lowest BCUT2D eigenvalue weighted by Gasteiger charge is -2.12. The number of pyridine rings is 1. The molecule has 1 saturated heterocycles. The van der Waals surface area contributed by atoms with Crippen molar-refractivity contribution in [3.63, 3.8) is 0 Å². The molecule has 2 heterocycles. The number of hydrogen-bond donors (Lipinski definition) is 3.